The van der Waals surface area contributed by atoms with Crippen LogP contribution in [0.5, 0.6) is 5.75 Å². The van der Waals surface area contributed by atoms with Gasteiger partial charge in [-0.15, -0.1) is 0 Å². The van der Waals surface area contributed by atoms with Crippen LogP contribution in [0.1, 0.15) is 43.9 Å². The third kappa shape index (κ3) is 6.23. The summed E-state index contributed by atoms with van der Waals surface area (Å²) < 4.78 is 32.2. The van der Waals surface area contributed by atoms with E-state index in [2.05, 4.69) is 5.32 Å². The predicted octanol–water partition coefficient (Wildman–Crippen LogP) is 3.95. The van der Waals surface area contributed by atoms with Crippen molar-refractivity contribution in [2.24, 2.45) is 0 Å². The highest BCUT2D eigenvalue weighted by Crippen LogP contribution is 2.27. The van der Waals surface area contributed by atoms with Gasteiger partial charge < -0.3 is 10.1 Å². The SMILES string of the molecule is CCC(C(=O)NCc1cccc(OC(C)C)c1)N(c1cc(C)ccc1C)S(C)(=O)=O. The van der Waals surface area contributed by atoms with Crippen molar-refractivity contribution in [2.45, 2.75) is 59.7 Å². The number of sulfonamides is 1. The predicted molar refractivity (Wildman–Crippen MR) is 121 cm³/mol. The van der Waals surface area contributed by atoms with Crippen molar-refractivity contribution in [1.82, 2.24) is 5.32 Å². The molecule has 2 aromatic carbocycles. The van der Waals surface area contributed by atoms with Gasteiger partial charge in [0.15, 0.2) is 0 Å². The maximum Gasteiger partial charge on any atom is 0.244 e. The number of carbonyl (C=O) groups is 1. The van der Waals surface area contributed by atoms with E-state index in [0.29, 0.717) is 12.1 Å². The molecule has 0 spiro atoms. The van der Waals surface area contributed by atoms with Gasteiger partial charge in [-0.2, -0.15) is 0 Å². The van der Waals surface area contributed by atoms with Crippen LogP contribution in [-0.4, -0.2) is 32.7 Å². The number of nitrogens with zero attached hydrogens (tertiary/aromatic N) is 1. The number of anilines is 1. The summed E-state index contributed by atoms with van der Waals surface area (Å²) in [6, 6.07) is 12.3. The van der Waals surface area contributed by atoms with E-state index in [9.17, 15) is 13.2 Å². The maximum absolute atomic E-state index is 13.0. The Bertz CT molecular complexity index is 986. The van der Waals surface area contributed by atoms with Gasteiger partial charge in [0.1, 0.15) is 11.8 Å². The minimum Gasteiger partial charge on any atom is -0.491 e. The highest BCUT2D eigenvalue weighted by molar-refractivity contribution is 7.92. The van der Waals surface area contributed by atoms with Crippen LogP contribution in [0.2, 0.25) is 0 Å². The van der Waals surface area contributed by atoms with E-state index in [1.54, 1.807) is 6.07 Å². The van der Waals surface area contributed by atoms with Gasteiger partial charge in [-0.1, -0.05) is 31.2 Å². The Morgan fingerprint density at radius 3 is 2.43 bits per heavy atom. The fourth-order valence-electron chi connectivity index (χ4n) is 3.30. The third-order valence-electron chi connectivity index (χ3n) is 4.67. The molecule has 30 heavy (non-hydrogen) atoms. The monoisotopic (exact) mass is 432 g/mol. The molecule has 6 nitrogen and oxygen atoms in total. The Morgan fingerprint density at radius 1 is 1.13 bits per heavy atom. The first-order chi connectivity index (χ1) is 14.0. The molecular weight excluding hydrogens is 400 g/mol. The molecule has 0 aliphatic heterocycles. The van der Waals surface area contributed by atoms with E-state index in [0.717, 1.165) is 28.7 Å². The van der Waals surface area contributed by atoms with Crippen molar-refractivity contribution in [1.29, 1.82) is 0 Å². The molecule has 1 amide bonds. The molecule has 0 fully saturated rings. The number of hydrogen-bond donors (Lipinski definition) is 1. The Labute approximate surface area is 180 Å². The number of nitrogens with one attached hydrogen (secondary N) is 1. The molecule has 0 bridgehead atoms. The van der Waals surface area contributed by atoms with Crippen molar-refractivity contribution in [2.75, 3.05) is 10.6 Å². The lowest BCUT2D eigenvalue weighted by Crippen LogP contribution is -2.49. The Morgan fingerprint density at radius 2 is 1.83 bits per heavy atom. The molecule has 0 aliphatic rings. The molecule has 0 radical (unpaired) electrons. The minimum absolute atomic E-state index is 0.0557. The molecule has 0 saturated heterocycles. The van der Waals surface area contributed by atoms with Crippen LogP contribution in [0, 0.1) is 13.8 Å². The lowest BCUT2D eigenvalue weighted by molar-refractivity contribution is -0.122. The van der Waals surface area contributed by atoms with Crippen LogP contribution >= 0.6 is 0 Å². The van der Waals surface area contributed by atoms with E-state index < -0.39 is 16.1 Å². The Balaban J connectivity index is 2.25. The molecule has 0 saturated carbocycles. The molecule has 0 heterocycles. The summed E-state index contributed by atoms with van der Waals surface area (Å²) in [5, 5.41) is 2.89. The van der Waals surface area contributed by atoms with Crippen LogP contribution in [0.4, 0.5) is 5.69 Å². The average molecular weight is 433 g/mol. The normalized spacial score (nSPS) is 12.5. The van der Waals surface area contributed by atoms with Crippen molar-refractivity contribution in [3.05, 3.63) is 59.2 Å². The Hall–Kier alpha value is -2.54. The number of ether oxygens (including phenoxy) is 1. The summed E-state index contributed by atoms with van der Waals surface area (Å²) in [6.07, 6.45) is 1.54. The number of aryl methyl sites for hydroxylation is 2. The van der Waals surface area contributed by atoms with Gasteiger partial charge in [0, 0.05) is 6.54 Å². The summed E-state index contributed by atoms with van der Waals surface area (Å²) in [5.41, 5.74) is 3.15. The van der Waals surface area contributed by atoms with Crippen LogP contribution in [0.3, 0.4) is 0 Å². The molecule has 1 unspecified atom stereocenters. The first-order valence-electron chi connectivity index (χ1n) is 10.1. The van der Waals surface area contributed by atoms with Crippen LogP contribution in [-0.2, 0) is 21.4 Å². The average Bonchev–Trinajstić information content (AvgIpc) is 2.65. The quantitative estimate of drug-likeness (QED) is 0.651. The van der Waals surface area contributed by atoms with Crippen molar-refractivity contribution in [3.8, 4) is 5.75 Å². The lowest BCUT2D eigenvalue weighted by atomic mass is 10.1. The van der Waals surface area contributed by atoms with Crippen LogP contribution in [0.25, 0.3) is 0 Å². The maximum atomic E-state index is 13.0. The second-order valence-corrected chi connectivity index (χ2v) is 9.66. The zero-order chi connectivity index (χ0) is 22.5. The fraction of sp³-hybridized carbons (Fsp3) is 0.435. The van der Waals surface area contributed by atoms with Gasteiger partial charge in [0.05, 0.1) is 18.0 Å². The fourth-order valence-corrected chi connectivity index (χ4v) is 4.56. The van der Waals surface area contributed by atoms with Crippen molar-refractivity contribution < 1.29 is 17.9 Å². The number of hydrogen-bond acceptors (Lipinski definition) is 4. The van der Waals surface area contributed by atoms with E-state index in [4.69, 9.17) is 4.74 Å². The van der Waals surface area contributed by atoms with Crippen molar-refractivity contribution >= 4 is 21.6 Å². The second kappa shape index (κ2) is 9.98. The van der Waals surface area contributed by atoms with E-state index in [1.807, 2.05) is 71.0 Å². The summed E-state index contributed by atoms with van der Waals surface area (Å²) in [6.45, 7) is 9.74. The molecule has 0 aromatic heterocycles. The first-order valence-corrected chi connectivity index (χ1v) is 12.0. The molecule has 1 N–H and O–H groups in total. The van der Waals surface area contributed by atoms with E-state index >= 15 is 0 Å². The smallest absolute Gasteiger partial charge is 0.244 e. The number of amides is 1. The lowest BCUT2D eigenvalue weighted by Gasteiger charge is -2.31. The summed E-state index contributed by atoms with van der Waals surface area (Å²) in [5.74, 6) is 0.399. The van der Waals surface area contributed by atoms with Gasteiger partial charge in [0.25, 0.3) is 0 Å². The molecular formula is C23H32N2O4S. The number of carbonyl (C=O) groups excluding carboxylic acids is 1. The minimum atomic E-state index is -3.66. The van der Waals surface area contributed by atoms with Gasteiger partial charge >= 0.3 is 0 Å². The van der Waals surface area contributed by atoms with E-state index in [1.165, 1.54) is 4.31 Å². The molecule has 1 atom stereocenters. The highest BCUT2D eigenvalue weighted by Gasteiger charge is 2.32. The van der Waals surface area contributed by atoms with Crippen molar-refractivity contribution in [3.63, 3.8) is 0 Å². The molecule has 2 aromatic rings. The standard InChI is InChI=1S/C23H32N2O4S/c1-7-21(25(30(6,27)28)22-13-17(4)11-12-18(22)5)23(26)24-15-19-9-8-10-20(14-19)29-16(2)3/h8-14,16,21H,7,15H2,1-6H3,(H,24,26). The topological polar surface area (TPSA) is 75.7 Å². The summed E-state index contributed by atoms with van der Waals surface area (Å²) in [7, 11) is -3.66. The highest BCUT2D eigenvalue weighted by atomic mass is 32.2. The third-order valence-corrected chi connectivity index (χ3v) is 5.83. The largest absolute Gasteiger partial charge is 0.491 e. The molecule has 0 aliphatic carbocycles. The zero-order valence-corrected chi connectivity index (χ0v) is 19.4. The molecule has 7 heteroatoms. The number of benzene rings is 2. The van der Waals surface area contributed by atoms with E-state index in [-0.39, 0.29) is 18.6 Å². The van der Waals surface area contributed by atoms with Gasteiger partial charge in [-0.05, 0) is 69.0 Å². The zero-order valence-electron chi connectivity index (χ0n) is 18.6. The summed E-state index contributed by atoms with van der Waals surface area (Å²) >= 11 is 0. The molecule has 2 rings (SSSR count). The van der Waals surface area contributed by atoms with Gasteiger partial charge in [0.2, 0.25) is 15.9 Å². The Kier molecular flexibility index (Phi) is 7.89. The van der Waals surface area contributed by atoms with Crippen LogP contribution in [0.15, 0.2) is 42.5 Å². The first kappa shape index (κ1) is 23.7. The number of rotatable bonds is 9. The second-order valence-electron chi connectivity index (χ2n) is 7.80. The van der Waals surface area contributed by atoms with Crippen LogP contribution < -0.4 is 14.4 Å². The van der Waals surface area contributed by atoms with Gasteiger partial charge in [-0.25, -0.2) is 8.42 Å². The van der Waals surface area contributed by atoms with Gasteiger partial charge in [-0.3, -0.25) is 9.10 Å². The summed E-state index contributed by atoms with van der Waals surface area (Å²) in [4.78, 5) is 13.0. The molecule has 164 valence electrons.